The molecule has 0 unspecified atom stereocenters. The molecule has 1 spiro atoms. The number of likely N-dealkylation sites (tertiary alicyclic amines) is 1. The van der Waals surface area contributed by atoms with Crippen LogP contribution in [0.5, 0.6) is 5.75 Å². The van der Waals surface area contributed by atoms with Crippen LogP contribution in [0.4, 0.5) is 0 Å². The minimum absolute atomic E-state index is 0.00190. The summed E-state index contributed by atoms with van der Waals surface area (Å²) in [7, 11) is 0. The number of ketones is 1. The van der Waals surface area contributed by atoms with Crippen LogP contribution in [0.25, 0.3) is 0 Å². The molecule has 2 saturated carbocycles. The van der Waals surface area contributed by atoms with Crippen molar-refractivity contribution < 1.29 is 19.4 Å². The SMILES string of the molecule is O=C1C[C@]2(CC[C@@H]3[C@H](C(=O)N4CCC(O)CC4)[C@H]32)Oc2ccccc21. The normalized spacial score (nSPS) is 36.8. The Kier molecular flexibility index (Phi) is 3.26. The Hall–Kier alpha value is -1.88. The summed E-state index contributed by atoms with van der Waals surface area (Å²) in [6.45, 7) is 1.29. The summed E-state index contributed by atoms with van der Waals surface area (Å²) in [5, 5.41) is 9.65. The number of carbonyl (C=O) groups is 2. The van der Waals surface area contributed by atoms with Crippen molar-refractivity contribution in [3.8, 4) is 5.75 Å². The van der Waals surface area contributed by atoms with Crippen molar-refractivity contribution in [1.82, 2.24) is 4.90 Å². The van der Waals surface area contributed by atoms with Crippen LogP contribution in [0.3, 0.4) is 0 Å². The van der Waals surface area contributed by atoms with E-state index in [9.17, 15) is 14.7 Å². The number of carbonyl (C=O) groups excluding carboxylic acids is 2. The molecule has 25 heavy (non-hydrogen) atoms. The predicted octanol–water partition coefficient (Wildman–Crippen LogP) is 2.03. The van der Waals surface area contributed by atoms with Gasteiger partial charge in [-0.3, -0.25) is 9.59 Å². The second kappa shape index (κ2) is 5.31. The fraction of sp³-hybridized carbons (Fsp3) is 0.600. The van der Waals surface area contributed by atoms with E-state index < -0.39 is 5.60 Å². The van der Waals surface area contributed by atoms with Crippen molar-refractivity contribution >= 4 is 11.7 Å². The van der Waals surface area contributed by atoms with Gasteiger partial charge in [0.05, 0.1) is 18.1 Å². The highest BCUT2D eigenvalue weighted by Gasteiger charge is 2.71. The molecular weight excluding hydrogens is 318 g/mol. The summed E-state index contributed by atoms with van der Waals surface area (Å²) in [6, 6.07) is 7.45. The van der Waals surface area contributed by atoms with E-state index in [1.807, 2.05) is 29.2 Å². The van der Waals surface area contributed by atoms with Gasteiger partial charge >= 0.3 is 0 Å². The lowest BCUT2D eigenvalue weighted by atomic mass is 9.84. The molecule has 4 aliphatic rings. The highest BCUT2D eigenvalue weighted by Crippen LogP contribution is 2.66. The third kappa shape index (κ3) is 2.25. The Bertz CT molecular complexity index is 739. The average molecular weight is 341 g/mol. The van der Waals surface area contributed by atoms with Crippen LogP contribution < -0.4 is 4.74 Å². The Morgan fingerprint density at radius 1 is 1.20 bits per heavy atom. The van der Waals surface area contributed by atoms with Gasteiger partial charge in [-0.15, -0.1) is 0 Å². The first-order valence-electron chi connectivity index (χ1n) is 9.37. The lowest BCUT2D eigenvalue weighted by Gasteiger charge is -2.37. The van der Waals surface area contributed by atoms with Crippen LogP contribution in [0.15, 0.2) is 24.3 Å². The Morgan fingerprint density at radius 3 is 2.76 bits per heavy atom. The number of hydrogen-bond donors (Lipinski definition) is 1. The maximum atomic E-state index is 12.9. The molecule has 1 amide bonds. The van der Waals surface area contributed by atoms with E-state index >= 15 is 0 Å². The number of benzene rings is 1. The largest absolute Gasteiger partial charge is 0.486 e. The molecule has 132 valence electrons. The quantitative estimate of drug-likeness (QED) is 0.849. The van der Waals surface area contributed by atoms with Crippen LogP contribution in [0, 0.1) is 17.8 Å². The van der Waals surface area contributed by atoms with E-state index in [0.29, 0.717) is 49.6 Å². The molecule has 0 bridgehead atoms. The van der Waals surface area contributed by atoms with Crippen molar-refractivity contribution in [3.05, 3.63) is 29.8 Å². The molecule has 4 atom stereocenters. The molecule has 3 fully saturated rings. The van der Waals surface area contributed by atoms with Crippen LogP contribution in [0.1, 0.15) is 42.5 Å². The smallest absolute Gasteiger partial charge is 0.226 e. The van der Waals surface area contributed by atoms with Gasteiger partial charge in [0.2, 0.25) is 5.91 Å². The van der Waals surface area contributed by atoms with E-state index in [4.69, 9.17) is 4.74 Å². The molecular formula is C20H23NO4. The highest BCUT2D eigenvalue weighted by molar-refractivity contribution is 6.00. The average Bonchev–Trinajstić information content (AvgIpc) is 3.26. The summed E-state index contributed by atoms with van der Waals surface area (Å²) in [6.07, 6.45) is 3.29. The summed E-state index contributed by atoms with van der Waals surface area (Å²) in [5.41, 5.74) is 0.191. The molecule has 1 aromatic rings. The number of Topliss-reactive ketones (excluding diaryl/α,β-unsaturated/α-hetero) is 1. The van der Waals surface area contributed by atoms with Gasteiger partial charge < -0.3 is 14.7 Å². The van der Waals surface area contributed by atoms with Gasteiger partial charge in [0.15, 0.2) is 5.78 Å². The van der Waals surface area contributed by atoms with Crippen molar-refractivity contribution in [1.29, 1.82) is 0 Å². The summed E-state index contributed by atoms with van der Waals surface area (Å²) < 4.78 is 6.36. The summed E-state index contributed by atoms with van der Waals surface area (Å²) in [5.74, 6) is 1.56. The van der Waals surface area contributed by atoms with E-state index in [1.54, 1.807) is 0 Å². The number of amides is 1. The molecule has 0 radical (unpaired) electrons. The van der Waals surface area contributed by atoms with Gasteiger partial charge in [0.25, 0.3) is 0 Å². The van der Waals surface area contributed by atoms with Crippen LogP contribution in [0.2, 0.25) is 0 Å². The number of ether oxygens (including phenoxy) is 1. The molecule has 1 aromatic carbocycles. The van der Waals surface area contributed by atoms with Gasteiger partial charge in [0.1, 0.15) is 11.4 Å². The highest BCUT2D eigenvalue weighted by atomic mass is 16.5. The number of rotatable bonds is 1. The van der Waals surface area contributed by atoms with Gasteiger partial charge in [-0.1, -0.05) is 12.1 Å². The Morgan fingerprint density at radius 2 is 1.96 bits per heavy atom. The number of aliphatic hydroxyl groups is 1. The molecule has 5 rings (SSSR count). The second-order valence-electron chi connectivity index (χ2n) is 8.07. The Labute approximate surface area is 147 Å². The third-order valence-electron chi connectivity index (χ3n) is 6.70. The summed E-state index contributed by atoms with van der Waals surface area (Å²) >= 11 is 0. The fourth-order valence-corrected chi connectivity index (χ4v) is 5.40. The first-order chi connectivity index (χ1) is 12.1. The number of para-hydroxylation sites is 1. The van der Waals surface area contributed by atoms with E-state index in [-0.39, 0.29) is 29.6 Å². The van der Waals surface area contributed by atoms with Crippen LogP contribution >= 0.6 is 0 Å². The summed E-state index contributed by atoms with van der Waals surface area (Å²) in [4.78, 5) is 27.5. The maximum absolute atomic E-state index is 12.9. The predicted molar refractivity (Wildman–Crippen MR) is 90.3 cm³/mol. The van der Waals surface area contributed by atoms with Crippen molar-refractivity contribution in [2.24, 2.45) is 17.8 Å². The molecule has 0 aromatic heterocycles. The molecule has 2 heterocycles. The number of aliphatic hydroxyl groups excluding tert-OH is 1. The van der Waals surface area contributed by atoms with Gasteiger partial charge in [0, 0.05) is 24.9 Å². The minimum atomic E-state index is -0.480. The van der Waals surface area contributed by atoms with Crippen LogP contribution in [-0.2, 0) is 4.79 Å². The Balaban J connectivity index is 1.36. The fourth-order valence-electron chi connectivity index (χ4n) is 5.40. The monoisotopic (exact) mass is 341 g/mol. The number of hydrogen-bond acceptors (Lipinski definition) is 4. The lowest BCUT2D eigenvalue weighted by Crippen LogP contribution is -2.46. The second-order valence-corrected chi connectivity index (χ2v) is 8.07. The third-order valence-corrected chi connectivity index (χ3v) is 6.70. The van der Waals surface area contributed by atoms with Crippen molar-refractivity contribution in [3.63, 3.8) is 0 Å². The van der Waals surface area contributed by atoms with E-state index in [2.05, 4.69) is 0 Å². The zero-order chi connectivity index (χ0) is 17.2. The van der Waals surface area contributed by atoms with Crippen molar-refractivity contribution in [2.75, 3.05) is 13.1 Å². The maximum Gasteiger partial charge on any atom is 0.226 e. The van der Waals surface area contributed by atoms with E-state index in [0.717, 1.165) is 12.8 Å². The molecule has 5 heteroatoms. The molecule has 1 saturated heterocycles. The minimum Gasteiger partial charge on any atom is -0.486 e. The number of nitrogens with zero attached hydrogens (tertiary/aromatic N) is 1. The van der Waals surface area contributed by atoms with E-state index in [1.165, 1.54) is 0 Å². The molecule has 1 N–H and O–H groups in total. The standard InChI is InChI=1S/C20H23NO4/c22-12-6-9-21(10-7-12)19(24)17-14-5-8-20(18(14)17)11-15(23)13-3-1-2-4-16(13)25-20/h1-4,12,14,17-18,22H,5-11H2/t14-,17+,18+,20+/m1/s1. The lowest BCUT2D eigenvalue weighted by molar-refractivity contribution is -0.136. The number of piperidine rings is 1. The zero-order valence-corrected chi connectivity index (χ0v) is 14.2. The molecule has 2 aliphatic heterocycles. The van der Waals surface area contributed by atoms with Gasteiger partial charge in [-0.25, -0.2) is 0 Å². The number of fused-ring (bicyclic) bond motifs is 3. The molecule has 2 aliphatic carbocycles. The topological polar surface area (TPSA) is 66.8 Å². The van der Waals surface area contributed by atoms with Gasteiger partial charge in [-0.2, -0.15) is 0 Å². The first kappa shape index (κ1) is 15.4. The molecule has 5 nitrogen and oxygen atoms in total. The van der Waals surface area contributed by atoms with Crippen LogP contribution in [-0.4, -0.2) is 46.5 Å². The first-order valence-corrected chi connectivity index (χ1v) is 9.37. The van der Waals surface area contributed by atoms with Crippen molar-refractivity contribution in [2.45, 2.75) is 43.8 Å². The van der Waals surface area contributed by atoms with Gasteiger partial charge in [-0.05, 0) is 43.7 Å². The zero-order valence-electron chi connectivity index (χ0n) is 14.2.